The Morgan fingerprint density at radius 1 is 1.30 bits per heavy atom. The summed E-state index contributed by atoms with van der Waals surface area (Å²) in [5, 5.41) is 13.5. The summed E-state index contributed by atoms with van der Waals surface area (Å²) in [6.45, 7) is 1.52. The zero-order chi connectivity index (χ0) is 15.8. The summed E-state index contributed by atoms with van der Waals surface area (Å²) in [6.07, 6.45) is 3.49. The van der Waals surface area contributed by atoms with Gasteiger partial charge in [0.15, 0.2) is 0 Å². The summed E-state index contributed by atoms with van der Waals surface area (Å²) in [5.74, 6) is 0.496. The van der Waals surface area contributed by atoms with Gasteiger partial charge in [0.2, 0.25) is 4.96 Å². The van der Waals surface area contributed by atoms with Crippen molar-refractivity contribution in [3.8, 4) is 0 Å². The molecule has 4 rings (SSSR count). The molecule has 118 valence electrons. The number of carbonyl (C=O) groups is 1. The standard InChI is InChI=1S/C15H14BrN5OS/c16-12-3-1-2-11(8-12)14(22)20-6-4-10(5-7-20)13-19-21-9-17-18-15(21)23-13/h1-3,8-10H,4-7H2. The summed E-state index contributed by atoms with van der Waals surface area (Å²) in [7, 11) is 0. The molecule has 6 nitrogen and oxygen atoms in total. The van der Waals surface area contributed by atoms with Crippen LogP contribution in [0.1, 0.15) is 34.1 Å². The van der Waals surface area contributed by atoms with E-state index in [0.717, 1.165) is 45.9 Å². The van der Waals surface area contributed by atoms with E-state index in [-0.39, 0.29) is 5.91 Å². The zero-order valence-corrected chi connectivity index (χ0v) is 14.6. The highest BCUT2D eigenvalue weighted by Gasteiger charge is 2.27. The third-order valence-corrected chi connectivity index (χ3v) is 5.67. The molecule has 1 fully saturated rings. The molecule has 1 aromatic carbocycles. The molecule has 1 saturated heterocycles. The van der Waals surface area contributed by atoms with E-state index in [2.05, 4.69) is 31.2 Å². The van der Waals surface area contributed by atoms with Crippen molar-refractivity contribution < 1.29 is 4.79 Å². The lowest BCUT2D eigenvalue weighted by atomic mass is 9.97. The first-order valence-electron chi connectivity index (χ1n) is 7.42. The van der Waals surface area contributed by atoms with Gasteiger partial charge in [-0.1, -0.05) is 33.3 Å². The van der Waals surface area contributed by atoms with Gasteiger partial charge in [-0.2, -0.15) is 9.61 Å². The summed E-state index contributed by atoms with van der Waals surface area (Å²) >= 11 is 5.00. The molecule has 1 aliphatic heterocycles. The van der Waals surface area contributed by atoms with Crippen LogP contribution in [0.4, 0.5) is 0 Å². The van der Waals surface area contributed by atoms with Crippen molar-refractivity contribution in [2.24, 2.45) is 0 Å². The second-order valence-electron chi connectivity index (χ2n) is 5.58. The van der Waals surface area contributed by atoms with Gasteiger partial charge in [-0.3, -0.25) is 4.79 Å². The smallest absolute Gasteiger partial charge is 0.253 e. The summed E-state index contributed by atoms with van der Waals surface area (Å²) in [5.41, 5.74) is 0.733. The van der Waals surface area contributed by atoms with Gasteiger partial charge in [-0.15, -0.1) is 10.2 Å². The van der Waals surface area contributed by atoms with Crippen molar-refractivity contribution in [2.45, 2.75) is 18.8 Å². The van der Waals surface area contributed by atoms with Gasteiger partial charge in [-0.25, -0.2) is 0 Å². The molecule has 0 saturated carbocycles. The fourth-order valence-electron chi connectivity index (χ4n) is 2.87. The van der Waals surface area contributed by atoms with Gasteiger partial charge in [0.1, 0.15) is 11.3 Å². The molecule has 0 atom stereocenters. The molecule has 3 aromatic rings. The molecule has 0 bridgehead atoms. The van der Waals surface area contributed by atoms with Crippen LogP contribution in [0.3, 0.4) is 0 Å². The van der Waals surface area contributed by atoms with Crippen LogP contribution < -0.4 is 0 Å². The summed E-state index contributed by atoms with van der Waals surface area (Å²) in [6, 6.07) is 7.56. The molecule has 0 radical (unpaired) electrons. The summed E-state index contributed by atoms with van der Waals surface area (Å²) in [4.78, 5) is 15.3. The maximum atomic E-state index is 12.6. The monoisotopic (exact) mass is 391 g/mol. The van der Waals surface area contributed by atoms with Crippen LogP contribution in [-0.4, -0.2) is 43.7 Å². The maximum Gasteiger partial charge on any atom is 0.253 e. The quantitative estimate of drug-likeness (QED) is 0.673. The lowest BCUT2D eigenvalue weighted by Gasteiger charge is -2.31. The molecule has 0 unspecified atom stereocenters. The average molecular weight is 392 g/mol. The average Bonchev–Trinajstić information content (AvgIpc) is 3.16. The fraction of sp³-hybridized carbons (Fsp3) is 0.333. The molecule has 23 heavy (non-hydrogen) atoms. The largest absolute Gasteiger partial charge is 0.339 e. The number of benzene rings is 1. The van der Waals surface area contributed by atoms with Gasteiger partial charge >= 0.3 is 0 Å². The number of halogens is 1. The van der Waals surface area contributed by atoms with Gasteiger partial charge < -0.3 is 4.90 Å². The van der Waals surface area contributed by atoms with Crippen LogP contribution in [0.2, 0.25) is 0 Å². The predicted molar refractivity (Wildman–Crippen MR) is 90.7 cm³/mol. The Balaban J connectivity index is 1.44. The minimum absolute atomic E-state index is 0.0999. The number of carbonyl (C=O) groups excluding carboxylic acids is 1. The summed E-state index contributed by atoms with van der Waals surface area (Å²) < 4.78 is 2.65. The number of aromatic nitrogens is 4. The third kappa shape index (κ3) is 2.88. The Morgan fingerprint density at radius 2 is 2.13 bits per heavy atom. The maximum absolute atomic E-state index is 12.6. The van der Waals surface area contributed by atoms with Crippen LogP contribution in [0.5, 0.6) is 0 Å². The Hall–Kier alpha value is -1.80. The van der Waals surface area contributed by atoms with Crippen LogP contribution in [-0.2, 0) is 0 Å². The highest BCUT2D eigenvalue weighted by atomic mass is 79.9. The molecule has 8 heteroatoms. The van der Waals surface area contributed by atoms with Crippen molar-refractivity contribution >= 4 is 38.1 Å². The van der Waals surface area contributed by atoms with Gasteiger partial charge in [-0.05, 0) is 31.0 Å². The molecule has 0 spiro atoms. The molecule has 0 N–H and O–H groups in total. The highest BCUT2D eigenvalue weighted by molar-refractivity contribution is 9.10. The van der Waals surface area contributed by atoms with E-state index in [4.69, 9.17) is 0 Å². The van der Waals surface area contributed by atoms with Gasteiger partial charge in [0, 0.05) is 29.0 Å². The molecular weight excluding hydrogens is 378 g/mol. The fourth-order valence-corrected chi connectivity index (χ4v) is 4.26. The first-order chi connectivity index (χ1) is 11.2. The number of hydrogen-bond acceptors (Lipinski definition) is 5. The van der Waals surface area contributed by atoms with E-state index < -0.39 is 0 Å². The minimum Gasteiger partial charge on any atom is -0.339 e. The normalized spacial score (nSPS) is 16.1. The first-order valence-corrected chi connectivity index (χ1v) is 9.03. The minimum atomic E-state index is 0.0999. The van der Waals surface area contributed by atoms with Crippen molar-refractivity contribution in [1.82, 2.24) is 24.7 Å². The molecule has 0 aliphatic carbocycles. The van der Waals surface area contributed by atoms with E-state index in [9.17, 15) is 4.79 Å². The Labute approximate surface area is 145 Å². The predicted octanol–water partition coefficient (Wildman–Crippen LogP) is 2.97. The van der Waals surface area contributed by atoms with Crippen LogP contribution in [0.25, 0.3) is 4.96 Å². The SMILES string of the molecule is O=C(c1cccc(Br)c1)N1CCC(c2nn3cnnc3s2)CC1. The van der Waals surface area contributed by atoms with Gasteiger partial charge in [0.05, 0.1) is 0 Å². The van der Waals surface area contributed by atoms with E-state index in [1.54, 1.807) is 22.2 Å². The Morgan fingerprint density at radius 3 is 2.87 bits per heavy atom. The number of piperidine rings is 1. The van der Waals surface area contributed by atoms with Crippen molar-refractivity contribution in [3.05, 3.63) is 45.6 Å². The topological polar surface area (TPSA) is 63.4 Å². The molecule has 2 aromatic heterocycles. The van der Waals surface area contributed by atoms with Crippen LogP contribution >= 0.6 is 27.3 Å². The van der Waals surface area contributed by atoms with Crippen molar-refractivity contribution in [1.29, 1.82) is 0 Å². The third-order valence-electron chi connectivity index (χ3n) is 4.11. The Bertz CT molecular complexity index is 824. The zero-order valence-electron chi connectivity index (χ0n) is 12.2. The highest BCUT2D eigenvalue weighted by Crippen LogP contribution is 2.31. The lowest BCUT2D eigenvalue weighted by Crippen LogP contribution is -2.37. The first kappa shape index (κ1) is 14.8. The van der Waals surface area contributed by atoms with Gasteiger partial charge in [0.25, 0.3) is 5.91 Å². The number of rotatable bonds is 2. The Kier molecular flexibility index (Phi) is 3.86. The second-order valence-corrected chi connectivity index (χ2v) is 7.48. The van der Waals surface area contributed by atoms with E-state index in [1.807, 2.05) is 29.2 Å². The van der Waals surface area contributed by atoms with E-state index >= 15 is 0 Å². The second kappa shape index (κ2) is 6.01. The number of hydrogen-bond donors (Lipinski definition) is 0. The molecule has 1 aliphatic rings. The van der Waals surface area contributed by atoms with Crippen molar-refractivity contribution in [3.63, 3.8) is 0 Å². The van der Waals surface area contributed by atoms with Crippen molar-refractivity contribution in [2.75, 3.05) is 13.1 Å². The number of likely N-dealkylation sites (tertiary alicyclic amines) is 1. The number of nitrogens with zero attached hydrogens (tertiary/aromatic N) is 5. The van der Waals surface area contributed by atoms with E-state index in [1.165, 1.54) is 0 Å². The van der Waals surface area contributed by atoms with E-state index in [0.29, 0.717) is 5.92 Å². The van der Waals surface area contributed by atoms with Crippen LogP contribution in [0.15, 0.2) is 35.1 Å². The molecule has 3 heterocycles. The number of amides is 1. The van der Waals surface area contributed by atoms with Crippen LogP contribution in [0, 0.1) is 0 Å². The molecule has 1 amide bonds. The molecular formula is C15H14BrN5OS. The lowest BCUT2D eigenvalue weighted by molar-refractivity contribution is 0.0712. The number of fused-ring (bicyclic) bond motifs is 1.